The van der Waals surface area contributed by atoms with E-state index in [0.717, 1.165) is 19.6 Å². The molecule has 3 heteroatoms. The van der Waals surface area contributed by atoms with Gasteiger partial charge >= 0.3 is 168 Å². The van der Waals surface area contributed by atoms with Crippen molar-refractivity contribution in [3.05, 3.63) is 90.2 Å². The molecule has 0 aliphatic carbocycles. The molecule has 1 nitrogen and oxygen atoms in total. The summed E-state index contributed by atoms with van der Waals surface area (Å²) in [6, 6.07) is 26.9. The second-order valence-corrected chi connectivity index (χ2v) is 11.9. The molecule has 0 spiro atoms. The Morgan fingerprint density at radius 1 is 0.786 bits per heavy atom. The van der Waals surface area contributed by atoms with Gasteiger partial charge in [-0.25, -0.2) is 0 Å². The quantitative estimate of drug-likeness (QED) is 0.578. The molecule has 0 aromatic heterocycles. The van der Waals surface area contributed by atoms with E-state index >= 15 is 0 Å². The van der Waals surface area contributed by atoms with Gasteiger partial charge in [-0.15, -0.1) is 0 Å². The van der Waals surface area contributed by atoms with Gasteiger partial charge in [-0.3, -0.25) is 0 Å². The van der Waals surface area contributed by atoms with Crippen LogP contribution in [0.1, 0.15) is 24.8 Å². The Hall–Kier alpha value is -2.02. The SMILES string of the molecule is C[PH](c1ccccc1)(c1ccccc1)c1cc(F)ccc1CN1CCCCC1. The molecular weight excluding hydrogens is 364 g/mol. The van der Waals surface area contributed by atoms with Gasteiger partial charge in [-0.1, -0.05) is 0 Å². The second-order valence-electron chi connectivity index (χ2n) is 8.00. The van der Waals surface area contributed by atoms with Gasteiger partial charge in [-0.2, -0.15) is 0 Å². The van der Waals surface area contributed by atoms with Gasteiger partial charge in [0.1, 0.15) is 0 Å². The van der Waals surface area contributed by atoms with Crippen LogP contribution in [0.25, 0.3) is 0 Å². The van der Waals surface area contributed by atoms with Gasteiger partial charge < -0.3 is 0 Å². The fraction of sp³-hybridized carbons (Fsp3) is 0.280. The molecule has 1 aliphatic rings. The van der Waals surface area contributed by atoms with E-state index in [1.807, 2.05) is 12.1 Å². The van der Waals surface area contributed by atoms with Crippen LogP contribution >= 0.6 is 7.26 Å². The Morgan fingerprint density at radius 2 is 1.36 bits per heavy atom. The number of benzene rings is 3. The van der Waals surface area contributed by atoms with Crippen LogP contribution in [0.5, 0.6) is 0 Å². The molecule has 0 radical (unpaired) electrons. The average Bonchev–Trinajstić information content (AvgIpc) is 2.76. The van der Waals surface area contributed by atoms with Crippen LogP contribution in [0.3, 0.4) is 0 Å². The van der Waals surface area contributed by atoms with Gasteiger partial charge in [0.2, 0.25) is 0 Å². The molecule has 1 saturated heterocycles. The van der Waals surface area contributed by atoms with Crippen molar-refractivity contribution in [3.63, 3.8) is 0 Å². The first-order valence-corrected chi connectivity index (χ1v) is 12.8. The summed E-state index contributed by atoms with van der Waals surface area (Å²) >= 11 is 0. The topological polar surface area (TPSA) is 3.24 Å². The van der Waals surface area contributed by atoms with Crippen molar-refractivity contribution in [3.8, 4) is 0 Å². The Labute approximate surface area is 168 Å². The number of rotatable bonds is 5. The summed E-state index contributed by atoms with van der Waals surface area (Å²) < 4.78 is 14.5. The van der Waals surface area contributed by atoms with Crippen molar-refractivity contribution in [2.75, 3.05) is 19.8 Å². The maximum absolute atomic E-state index is 14.5. The van der Waals surface area contributed by atoms with Crippen LogP contribution in [0.2, 0.25) is 0 Å². The summed E-state index contributed by atoms with van der Waals surface area (Å²) in [5.41, 5.74) is 1.28. The van der Waals surface area contributed by atoms with Crippen molar-refractivity contribution in [2.45, 2.75) is 25.8 Å². The van der Waals surface area contributed by atoms with Gasteiger partial charge in [-0.05, 0) is 0 Å². The molecule has 28 heavy (non-hydrogen) atoms. The number of likely N-dealkylation sites (tertiary alicyclic amines) is 1. The van der Waals surface area contributed by atoms with Crippen molar-refractivity contribution < 1.29 is 4.39 Å². The molecule has 0 bridgehead atoms. The Morgan fingerprint density at radius 3 is 1.93 bits per heavy atom. The van der Waals surface area contributed by atoms with E-state index in [1.165, 1.54) is 40.7 Å². The third-order valence-electron chi connectivity index (χ3n) is 6.16. The molecule has 146 valence electrons. The molecule has 0 N–H and O–H groups in total. The standard InChI is InChI=1S/C25H29FNP/c1-28(23-11-5-2-6-12-23,24-13-7-3-8-14-24)25-19-22(26)16-15-21(25)20-27-17-9-4-10-18-27/h2-3,5-8,11-16,19,28H,4,9-10,17-18,20H2,1H3. The number of hydrogen-bond acceptors (Lipinski definition) is 1. The number of piperidine rings is 1. The van der Waals surface area contributed by atoms with E-state index in [4.69, 9.17) is 0 Å². The van der Waals surface area contributed by atoms with Crippen molar-refractivity contribution in [1.82, 2.24) is 4.90 Å². The van der Waals surface area contributed by atoms with Crippen LogP contribution in [0.4, 0.5) is 4.39 Å². The molecule has 0 unspecified atom stereocenters. The summed E-state index contributed by atoms with van der Waals surface area (Å²) in [6.07, 6.45) is 3.86. The third-order valence-corrected chi connectivity index (χ3v) is 10.7. The molecule has 0 saturated carbocycles. The van der Waals surface area contributed by atoms with E-state index in [-0.39, 0.29) is 5.82 Å². The van der Waals surface area contributed by atoms with Gasteiger partial charge in [0.25, 0.3) is 0 Å². The zero-order valence-corrected chi connectivity index (χ0v) is 17.6. The van der Waals surface area contributed by atoms with Crippen molar-refractivity contribution >= 4 is 23.2 Å². The van der Waals surface area contributed by atoms with E-state index < -0.39 is 7.26 Å². The number of nitrogens with zero attached hydrogens (tertiary/aromatic N) is 1. The maximum atomic E-state index is 14.5. The van der Waals surface area contributed by atoms with Crippen LogP contribution in [0, 0.1) is 5.82 Å². The second kappa shape index (κ2) is 8.55. The van der Waals surface area contributed by atoms with Gasteiger partial charge in [0.15, 0.2) is 0 Å². The molecule has 0 atom stereocenters. The average molecular weight is 393 g/mol. The summed E-state index contributed by atoms with van der Waals surface area (Å²) in [5.74, 6) is -0.136. The number of hydrogen-bond donors (Lipinski definition) is 0. The third kappa shape index (κ3) is 3.90. The van der Waals surface area contributed by atoms with E-state index in [2.05, 4.69) is 72.2 Å². The summed E-state index contributed by atoms with van der Waals surface area (Å²) in [7, 11) is -2.30. The van der Waals surface area contributed by atoms with Crippen molar-refractivity contribution in [1.29, 1.82) is 0 Å². The number of halogens is 1. The summed E-state index contributed by atoms with van der Waals surface area (Å²) in [4.78, 5) is 2.53. The molecule has 1 aliphatic heterocycles. The molecule has 3 aromatic carbocycles. The molecule has 4 rings (SSSR count). The molecule has 0 amide bonds. The van der Waals surface area contributed by atoms with Crippen LogP contribution < -0.4 is 15.9 Å². The predicted octanol–water partition coefficient (Wildman–Crippen LogP) is 4.47. The van der Waals surface area contributed by atoms with Crippen LogP contribution in [-0.4, -0.2) is 24.7 Å². The first-order valence-electron chi connectivity index (χ1n) is 10.3. The fourth-order valence-corrected chi connectivity index (χ4v) is 8.44. The Bertz CT molecular complexity index is 865. The Kier molecular flexibility index (Phi) is 5.90. The van der Waals surface area contributed by atoms with Crippen LogP contribution in [0.15, 0.2) is 78.9 Å². The normalized spacial score (nSPS) is 16.1. The zero-order valence-electron chi connectivity index (χ0n) is 16.6. The van der Waals surface area contributed by atoms with Gasteiger partial charge in [0.05, 0.1) is 0 Å². The molecule has 1 fully saturated rings. The predicted molar refractivity (Wildman–Crippen MR) is 122 cm³/mol. The zero-order chi connectivity index (χ0) is 19.4. The fourth-order valence-electron chi connectivity index (χ4n) is 4.53. The molecular formula is C25H29FNP. The first kappa shape index (κ1) is 19.3. The van der Waals surface area contributed by atoms with Gasteiger partial charge in [0, 0.05) is 0 Å². The van der Waals surface area contributed by atoms with Crippen LogP contribution in [-0.2, 0) is 6.54 Å². The van der Waals surface area contributed by atoms with E-state index in [9.17, 15) is 4.39 Å². The van der Waals surface area contributed by atoms with Crippen molar-refractivity contribution in [2.24, 2.45) is 0 Å². The van der Waals surface area contributed by atoms with E-state index in [1.54, 1.807) is 6.07 Å². The van der Waals surface area contributed by atoms with E-state index in [0.29, 0.717) is 0 Å². The monoisotopic (exact) mass is 393 g/mol. The summed E-state index contributed by atoms with van der Waals surface area (Å²) in [5, 5.41) is 3.86. The summed E-state index contributed by atoms with van der Waals surface area (Å²) in [6.45, 7) is 5.57. The molecule has 3 aromatic rings. The molecule has 1 heterocycles. The minimum atomic E-state index is -2.30. The first-order chi connectivity index (χ1) is 13.7. The Balaban J connectivity index is 1.86. The minimum absolute atomic E-state index is 0.136.